The van der Waals surface area contributed by atoms with Gasteiger partial charge in [0.05, 0.1) is 11.6 Å². The molecule has 1 heterocycles. The maximum absolute atomic E-state index is 13.0. The molecule has 2 N–H and O–H groups in total. The van der Waals surface area contributed by atoms with Gasteiger partial charge in [0.1, 0.15) is 24.3 Å². The summed E-state index contributed by atoms with van der Waals surface area (Å²) in [4.78, 5) is 3.99. The van der Waals surface area contributed by atoms with Gasteiger partial charge in [0.15, 0.2) is 11.6 Å². The minimum atomic E-state index is -1.01. The zero-order valence-electron chi connectivity index (χ0n) is 11.5. The van der Waals surface area contributed by atoms with Crippen molar-refractivity contribution in [1.29, 1.82) is 5.26 Å². The molecule has 0 saturated carbocycles. The summed E-state index contributed by atoms with van der Waals surface area (Å²) in [6, 6.07) is 8.22. The number of pyridine rings is 1. The molecule has 7 heteroatoms. The van der Waals surface area contributed by atoms with Gasteiger partial charge in [-0.2, -0.15) is 5.26 Å². The maximum Gasteiger partial charge on any atom is 0.162 e. The van der Waals surface area contributed by atoms with Gasteiger partial charge >= 0.3 is 0 Å². The van der Waals surface area contributed by atoms with E-state index in [9.17, 15) is 13.9 Å². The number of anilines is 1. The number of nitrogens with zero attached hydrogens (tertiary/aromatic N) is 2. The number of aromatic nitrogens is 1. The van der Waals surface area contributed by atoms with Gasteiger partial charge in [-0.25, -0.2) is 13.8 Å². The van der Waals surface area contributed by atoms with Crippen LogP contribution in [0.5, 0.6) is 5.75 Å². The number of hydrogen-bond donors (Lipinski definition) is 2. The van der Waals surface area contributed by atoms with E-state index in [2.05, 4.69) is 10.3 Å². The monoisotopic (exact) mass is 305 g/mol. The standard InChI is InChI=1S/C15H13F2N3O2/c16-13-2-1-12(6-14(13)17)22-9-11(21)8-20-15-5-10(7-18)3-4-19-15/h1-6,11,21H,8-9H2,(H,19,20)/t11-/m0/s1. The minimum absolute atomic E-state index is 0.101. The lowest BCUT2D eigenvalue weighted by molar-refractivity contribution is 0.117. The fourth-order valence-corrected chi connectivity index (χ4v) is 1.64. The smallest absolute Gasteiger partial charge is 0.162 e. The average Bonchev–Trinajstić information content (AvgIpc) is 2.54. The highest BCUT2D eigenvalue weighted by Crippen LogP contribution is 2.15. The molecule has 0 aliphatic carbocycles. The molecule has 0 spiro atoms. The predicted octanol–water partition coefficient (Wildman–Crippen LogP) is 2.08. The molecule has 2 aromatic rings. The Hall–Kier alpha value is -2.72. The van der Waals surface area contributed by atoms with Crippen molar-refractivity contribution in [2.75, 3.05) is 18.5 Å². The second-order valence-electron chi connectivity index (χ2n) is 4.46. The van der Waals surface area contributed by atoms with Crippen molar-refractivity contribution in [2.45, 2.75) is 6.10 Å². The quantitative estimate of drug-likeness (QED) is 0.854. The molecule has 0 fully saturated rings. The highest BCUT2D eigenvalue weighted by atomic mass is 19.2. The van der Waals surface area contributed by atoms with Gasteiger partial charge in [-0.1, -0.05) is 0 Å². The van der Waals surface area contributed by atoms with Crippen LogP contribution in [0.4, 0.5) is 14.6 Å². The Morgan fingerprint density at radius 2 is 2.09 bits per heavy atom. The van der Waals surface area contributed by atoms with Crippen molar-refractivity contribution in [3.63, 3.8) is 0 Å². The first-order valence-electron chi connectivity index (χ1n) is 6.44. The normalized spacial score (nSPS) is 11.5. The van der Waals surface area contributed by atoms with Gasteiger partial charge in [-0.3, -0.25) is 0 Å². The van der Waals surface area contributed by atoms with Crippen molar-refractivity contribution in [3.05, 3.63) is 53.7 Å². The summed E-state index contributed by atoms with van der Waals surface area (Å²) in [5.41, 5.74) is 0.449. The molecular formula is C15H13F2N3O2. The zero-order chi connectivity index (χ0) is 15.9. The minimum Gasteiger partial charge on any atom is -0.491 e. The molecule has 0 amide bonds. The van der Waals surface area contributed by atoms with E-state index in [0.29, 0.717) is 11.4 Å². The molecule has 1 aromatic heterocycles. The third-order valence-corrected chi connectivity index (χ3v) is 2.74. The zero-order valence-corrected chi connectivity index (χ0v) is 11.5. The van der Waals surface area contributed by atoms with E-state index in [1.165, 1.54) is 12.3 Å². The van der Waals surface area contributed by atoms with E-state index in [0.717, 1.165) is 12.1 Å². The Kier molecular flexibility index (Phi) is 5.22. The van der Waals surface area contributed by atoms with Crippen LogP contribution < -0.4 is 10.1 Å². The fraction of sp³-hybridized carbons (Fsp3) is 0.200. The van der Waals surface area contributed by atoms with Crippen molar-refractivity contribution in [1.82, 2.24) is 4.98 Å². The van der Waals surface area contributed by atoms with Crippen LogP contribution in [0.1, 0.15) is 5.56 Å². The summed E-state index contributed by atoms with van der Waals surface area (Å²) in [6.07, 6.45) is 0.589. The van der Waals surface area contributed by atoms with E-state index in [-0.39, 0.29) is 18.9 Å². The van der Waals surface area contributed by atoms with Gasteiger partial charge in [-0.15, -0.1) is 0 Å². The highest BCUT2D eigenvalue weighted by Gasteiger charge is 2.08. The third kappa shape index (κ3) is 4.40. The van der Waals surface area contributed by atoms with Gasteiger partial charge in [0.2, 0.25) is 0 Å². The molecular weight excluding hydrogens is 292 g/mol. The summed E-state index contributed by atoms with van der Waals surface area (Å²) in [5, 5.41) is 21.4. The first-order valence-corrected chi connectivity index (χ1v) is 6.44. The third-order valence-electron chi connectivity index (χ3n) is 2.74. The highest BCUT2D eigenvalue weighted by molar-refractivity contribution is 5.42. The lowest BCUT2D eigenvalue weighted by Gasteiger charge is -2.13. The summed E-state index contributed by atoms with van der Waals surface area (Å²) < 4.78 is 30.9. The topological polar surface area (TPSA) is 78.2 Å². The summed E-state index contributed by atoms with van der Waals surface area (Å²) in [7, 11) is 0. The molecule has 1 atom stereocenters. The van der Waals surface area contributed by atoms with Crippen LogP contribution in [-0.4, -0.2) is 29.3 Å². The Morgan fingerprint density at radius 3 is 2.82 bits per heavy atom. The summed E-state index contributed by atoms with van der Waals surface area (Å²) in [5.74, 6) is -1.39. The predicted molar refractivity (Wildman–Crippen MR) is 75.3 cm³/mol. The molecule has 0 unspecified atom stereocenters. The Bertz CT molecular complexity index is 689. The second-order valence-corrected chi connectivity index (χ2v) is 4.46. The number of nitrogens with one attached hydrogen (secondary N) is 1. The lowest BCUT2D eigenvalue weighted by atomic mass is 10.3. The molecule has 0 bridgehead atoms. The largest absolute Gasteiger partial charge is 0.491 e. The molecule has 1 aromatic carbocycles. The molecule has 0 radical (unpaired) electrons. The van der Waals surface area contributed by atoms with E-state index in [4.69, 9.17) is 10.00 Å². The van der Waals surface area contributed by atoms with Gasteiger partial charge in [0, 0.05) is 18.8 Å². The Morgan fingerprint density at radius 1 is 1.27 bits per heavy atom. The van der Waals surface area contributed by atoms with Crippen molar-refractivity contribution in [2.24, 2.45) is 0 Å². The van der Waals surface area contributed by atoms with Crippen LogP contribution in [0, 0.1) is 23.0 Å². The molecule has 0 saturated heterocycles. The van der Waals surface area contributed by atoms with Crippen LogP contribution in [0.2, 0.25) is 0 Å². The number of benzene rings is 1. The van der Waals surface area contributed by atoms with Crippen LogP contribution in [0.15, 0.2) is 36.5 Å². The van der Waals surface area contributed by atoms with Crippen molar-refractivity contribution >= 4 is 5.82 Å². The van der Waals surface area contributed by atoms with Crippen LogP contribution in [0.25, 0.3) is 0 Å². The first kappa shape index (κ1) is 15.7. The summed E-state index contributed by atoms with van der Waals surface area (Å²) in [6.45, 7) is 0.0293. The number of halogens is 2. The van der Waals surface area contributed by atoms with Crippen LogP contribution in [0.3, 0.4) is 0 Å². The number of nitriles is 1. The van der Waals surface area contributed by atoms with Gasteiger partial charge in [-0.05, 0) is 24.3 Å². The maximum atomic E-state index is 13.0. The summed E-state index contributed by atoms with van der Waals surface area (Å²) >= 11 is 0. The average molecular weight is 305 g/mol. The molecule has 0 aliphatic heterocycles. The first-order chi connectivity index (χ1) is 10.6. The SMILES string of the molecule is N#Cc1ccnc(NC[C@H](O)COc2ccc(F)c(F)c2)c1. The van der Waals surface area contributed by atoms with Gasteiger partial charge in [0.25, 0.3) is 0 Å². The molecule has 0 aliphatic rings. The lowest BCUT2D eigenvalue weighted by Crippen LogP contribution is -2.26. The van der Waals surface area contributed by atoms with E-state index >= 15 is 0 Å². The molecule has 5 nitrogen and oxygen atoms in total. The molecule has 2 rings (SSSR count). The van der Waals surface area contributed by atoms with E-state index < -0.39 is 17.7 Å². The molecule has 114 valence electrons. The fourth-order valence-electron chi connectivity index (χ4n) is 1.64. The van der Waals surface area contributed by atoms with Crippen molar-refractivity contribution < 1.29 is 18.6 Å². The number of aliphatic hydroxyl groups excluding tert-OH is 1. The Labute approximate surface area is 125 Å². The number of rotatable bonds is 6. The van der Waals surface area contributed by atoms with Crippen LogP contribution >= 0.6 is 0 Å². The van der Waals surface area contributed by atoms with E-state index in [1.54, 1.807) is 12.1 Å². The second kappa shape index (κ2) is 7.33. The van der Waals surface area contributed by atoms with Crippen molar-refractivity contribution in [3.8, 4) is 11.8 Å². The number of ether oxygens (including phenoxy) is 1. The molecule has 22 heavy (non-hydrogen) atoms. The Balaban J connectivity index is 1.81. The number of hydrogen-bond acceptors (Lipinski definition) is 5. The number of aliphatic hydroxyl groups is 1. The van der Waals surface area contributed by atoms with Gasteiger partial charge < -0.3 is 15.2 Å². The van der Waals surface area contributed by atoms with E-state index in [1.807, 2.05) is 6.07 Å². The van der Waals surface area contributed by atoms with Crippen LogP contribution in [-0.2, 0) is 0 Å².